The van der Waals surface area contributed by atoms with E-state index in [4.69, 9.17) is 9.47 Å². The van der Waals surface area contributed by atoms with Gasteiger partial charge in [-0.1, -0.05) is 30.3 Å². The maximum Gasteiger partial charge on any atom is 0.307 e. The Morgan fingerprint density at radius 2 is 1.76 bits per heavy atom. The molecule has 1 aromatic heterocycles. The number of nitrogens with one attached hydrogen (secondary N) is 1. The van der Waals surface area contributed by atoms with Gasteiger partial charge in [0.15, 0.2) is 0 Å². The average molecular weight is 410 g/mol. The van der Waals surface area contributed by atoms with Gasteiger partial charge in [-0.2, -0.15) is 0 Å². The summed E-state index contributed by atoms with van der Waals surface area (Å²) in [6.07, 6.45) is 0.0510. The van der Waals surface area contributed by atoms with Crippen molar-refractivity contribution >= 4 is 23.2 Å². The molecule has 3 rings (SSSR count). The lowest BCUT2D eigenvalue weighted by Gasteiger charge is -2.18. The molecule has 0 saturated heterocycles. The zero-order chi connectivity index (χ0) is 20.8. The van der Waals surface area contributed by atoms with Crippen molar-refractivity contribution in [1.29, 1.82) is 0 Å². The highest BCUT2D eigenvalue weighted by molar-refractivity contribution is 7.17. The molecule has 0 saturated carbocycles. The predicted molar refractivity (Wildman–Crippen MR) is 112 cm³/mol. The van der Waals surface area contributed by atoms with Gasteiger partial charge in [-0.25, -0.2) is 4.98 Å². The number of nitrogens with zero attached hydrogens (tertiary/aromatic N) is 1. The average Bonchev–Trinajstić information content (AvgIpc) is 3.15. The minimum Gasteiger partial charge on any atom is -0.497 e. The number of benzene rings is 2. The number of rotatable bonds is 7. The summed E-state index contributed by atoms with van der Waals surface area (Å²) in [6.45, 7) is 1.80. The van der Waals surface area contributed by atoms with Crippen LogP contribution in [0.2, 0.25) is 0 Å². The van der Waals surface area contributed by atoms with Gasteiger partial charge >= 0.3 is 5.97 Å². The number of carbonyl (C=O) groups excluding carboxylic acids is 2. The van der Waals surface area contributed by atoms with Crippen molar-refractivity contribution in [3.63, 3.8) is 0 Å². The highest BCUT2D eigenvalue weighted by atomic mass is 32.1. The number of methoxy groups -OCH3 is 2. The van der Waals surface area contributed by atoms with Gasteiger partial charge in [0.05, 0.1) is 32.4 Å². The molecule has 7 heteroatoms. The summed E-state index contributed by atoms with van der Waals surface area (Å²) in [5.74, 6) is 0.102. The van der Waals surface area contributed by atoms with Crippen LogP contribution in [0, 0.1) is 6.92 Å². The van der Waals surface area contributed by atoms with E-state index in [0.717, 1.165) is 21.9 Å². The van der Waals surface area contributed by atoms with Gasteiger partial charge in [-0.15, -0.1) is 11.3 Å². The maximum atomic E-state index is 13.0. The Morgan fingerprint density at radius 1 is 1.07 bits per heavy atom. The number of aryl methyl sites for hydroxylation is 1. The molecule has 1 atom stereocenters. The second-order valence-corrected chi connectivity index (χ2v) is 7.38. The summed E-state index contributed by atoms with van der Waals surface area (Å²) >= 11 is 1.32. The van der Waals surface area contributed by atoms with Gasteiger partial charge in [0.1, 0.15) is 15.6 Å². The molecule has 0 bridgehead atoms. The van der Waals surface area contributed by atoms with Crippen LogP contribution in [-0.2, 0) is 9.53 Å². The van der Waals surface area contributed by atoms with E-state index in [-0.39, 0.29) is 18.3 Å². The monoisotopic (exact) mass is 410 g/mol. The molecule has 0 radical (unpaired) electrons. The summed E-state index contributed by atoms with van der Waals surface area (Å²) < 4.78 is 9.96. The quantitative estimate of drug-likeness (QED) is 0.592. The molecule has 150 valence electrons. The maximum absolute atomic E-state index is 13.0. The van der Waals surface area contributed by atoms with Gasteiger partial charge in [-0.3, -0.25) is 9.59 Å². The van der Waals surface area contributed by atoms with Crippen molar-refractivity contribution in [2.24, 2.45) is 0 Å². The number of ether oxygens (including phenoxy) is 2. The van der Waals surface area contributed by atoms with E-state index in [1.807, 2.05) is 54.6 Å². The van der Waals surface area contributed by atoms with Crippen LogP contribution in [0.5, 0.6) is 5.75 Å². The number of hydrogen-bond acceptors (Lipinski definition) is 6. The molecule has 0 fully saturated rings. The van der Waals surface area contributed by atoms with Crippen molar-refractivity contribution < 1.29 is 19.1 Å². The molecule has 0 spiro atoms. The molecule has 0 aliphatic carbocycles. The van der Waals surface area contributed by atoms with Crippen molar-refractivity contribution in [3.8, 4) is 16.3 Å². The largest absolute Gasteiger partial charge is 0.497 e. The fourth-order valence-corrected chi connectivity index (χ4v) is 3.85. The SMILES string of the molecule is COC(=O)CC(NC(=O)c1sc(-c2ccc(OC)cc2)nc1C)c1ccccc1. The van der Waals surface area contributed by atoms with E-state index < -0.39 is 6.04 Å². The second-order valence-electron chi connectivity index (χ2n) is 6.38. The Kier molecular flexibility index (Phi) is 6.61. The fourth-order valence-electron chi connectivity index (χ4n) is 2.88. The van der Waals surface area contributed by atoms with Gasteiger partial charge in [0, 0.05) is 5.56 Å². The van der Waals surface area contributed by atoms with Crippen molar-refractivity contribution in [3.05, 3.63) is 70.7 Å². The standard InChI is InChI=1S/C22H22N2O4S/c1-14-20(29-22(23-14)16-9-11-17(27-2)12-10-16)21(26)24-18(13-19(25)28-3)15-7-5-4-6-8-15/h4-12,18H,13H2,1-3H3,(H,24,26). The summed E-state index contributed by atoms with van der Waals surface area (Å²) in [5.41, 5.74) is 2.39. The smallest absolute Gasteiger partial charge is 0.307 e. The number of aromatic nitrogens is 1. The van der Waals surface area contributed by atoms with Crippen LogP contribution in [0.4, 0.5) is 0 Å². The topological polar surface area (TPSA) is 77.5 Å². The number of carbonyl (C=O) groups is 2. The molecule has 1 heterocycles. The number of hydrogen-bond donors (Lipinski definition) is 1. The Morgan fingerprint density at radius 3 is 2.38 bits per heavy atom. The summed E-state index contributed by atoms with van der Waals surface area (Å²) in [5, 5.41) is 3.70. The summed E-state index contributed by atoms with van der Waals surface area (Å²) in [6, 6.07) is 16.4. The first-order chi connectivity index (χ1) is 14.0. The van der Waals surface area contributed by atoms with Crippen molar-refractivity contribution in [1.82, 2.24) is 10.3 Å². The van der Waals surface area contributed by atoms with E-state index in [9.17, 15) is 9.59 Å². The van der Waals surface area contributed by atoms with E-state index in [0.29, 0.717) is 10.6 Å². The minimum atomic E-state index is -0.484. The first-order valence-electron chi connectivity index (χ1n) is 9.06. The van der Waals surface area contributed by atoms with Crippen LogP contribution in [0.1, 0.15) is 33.4 Å². The lowest BCUT2D eigenvalue weighted by Crippen LogP contribution is -2.30. The Labute approximate surface area is 173 Å². The number of thiazole rings is 1. The first kappa shape index (κ1) is 20.5. The third-order valence-electron chi connectivity index (χ3n) is 4.45. The summed E-state index contributed by atoms with van der Waals surface area (Å²) in [4.78, 5) is 29.8. The van der Waals surface area contributed by atoms with Crippen LogP contribution in [0.15, 0.2) is 54.6 Å². The first-order valence-corrected chi connectivity index (χ1v) is 9.88. The van der Waals surface area contributed by atoms with Gasteiger partial charge < -0.3 is 14.8 Å². The van der Waals surface area contributed by atoms with Gasteiger partial charge in [-0.05, 0) is 36.8 Å². The van der Waals surface area contributed by atoms with E-state index in [1.165, 1.54) is 18.4 Å². The van der Waals surface area contributed by atoms with Crippen LogP contribution < -0.4 is 10.1 Å². The molecule has 6 nitrogen and oxygen atoms in total. The Hall–Kier alpha value is -3.19. The molecule has 1 N–H and O–H groups in total. The van der Waals surface area contributed by atoms with E-state index in [1.54, 1.807) is 14.0 Å². The molecule has 3 aromatic rings. The van der Waals surface area contributed by atoms with Crippen molar-refractivity contribution in [2.45, 2.75) is 19.4 Å². The second kappa shape index (κ2) is 9.34. The third-order valence-corrected chi connectivity index (χ3v) is 5.65. The Bertz CT molecular complexity index is 984. The highest BCUT2D eigenvalue weighted by Gasteiger charge is 2.23. The van der Waals surface area contributed by atoms with Gasteiger partial charge in [0.2, 0.25) is 0 Å². The zero-order valence-corrected chi connectivity index (χ0v) is 17.3. The number of amides is 1. The van der Waals surface area contributed by atoms with Crippen LogP contribution in [0.25, 0.3) is 10.6 Å². The van der Waals surface area contributed by atoms with Crippen LogP contribution in [-0.4, -0.2) is 31.1 Å². The molecular formula is C22H22N2O4S. The molecule has 2 aromatic carbocycles. The lowest BCUT2D eigenvalue weighted by molar-refractivity contribution is -0.141. The minimum absolute atomic E-state index is 0.0510. The van der Waals surface area contributed by atoms with Crippen molar-refractivity contribution in [2.75, 3.05) is 14.2 Å². The molecule has 29 heavy (non-hydrogen) atoms. The normalized spacial score (nSPS) is 11.6. The lowest BCUT2D eigenvalue weighted by atomic mass is 10.0. The molecule has 1 amide bonds. The van der Waals surface area contributed by atoms with Crippen LogP contribution >= 0.6 is 11.3 Å². The molecule has 0 aliphatic rings. The van der Waals surface area contributed by atoms with Gasteiger partial charge in [0.25, 0.3) is 5.91 Å². The zero-order valence-electron chi connectivity index (χ0n) is 16.5. The predicted octanol–water partition coefficient (Wildman–Crippen LogP) is 4.16. The third kappa shape index (κ3) is 5.00. The molecule has 1 unspecified atom stereocenters. The van der Waals surface area contributed by atoms with E-state index >= 15 is 0 Å². The fraction of sp³-hybridized carbons (Fsp3) is 0.227. The number of esters is 1. The molecular weight excluding hydrogens is 388 g/mol. The highest BCUT2D eigenvalue weighted by Crippen LogP contribution is 2.30. The van der Waals surface area contributed by atoms with E-state index in [2.05, 4.69) is 10.3 Å². The van der Waals surface area contributed by atoms with Crippen LogP contribution in [0.3, 0.4) is 0 Å². The molecule has 0 aliphatic heterocycles. The Balaban J connectivity index is 1.82. The summed E-state index contributed by atoms with van der Waals surface area (Å²) in [7, 11) is 2.95.